The van der Waals surface area contributed by atoms with Gasteiger partial charge in [-0.1, -0.05) is 60.1 Å². The molecule has 0 aliphatic heterocycles. The molecule has 0 saturated carbocycles. The van der Waals surface area contributed by atoms with Gasteiger partial charge in [-0.2, -0.15) is 0 Å². The minimum Gasteiger partial charge on any atom is -0.369 e. The first kappa shape index (κ1) is 23.3. The molecule has 0 unspecified atom stereocenters. The number of benzene rings is 3. The van der Waals surface area contributed by atoms with Crippen LogP contribution in [0.4, 0.5) is 5.82 Å². The number of hydrogen-bond acceptors (Lipinski definition) is 4. The first-order valence-corrected chi connectivity index (χ1v) is 12.4. The van der Waals surface area contributed by atoms with Crippen molar-refractivity contribution in [2.75, 3.05) is 32.5 Å². The smallest absolute Gasteiger partial charge is 0.164 e. The highest BCUT2D eigenvalue weighted by molar-refractivity contribution is 6.31. The Kier molecular flexibility index (Phi) is 6.71. The molecule has 0 aliphatic carbocycles. The van der Waals surface area contributed by atoms with Crippen molar-refractivity contribution >= 4 is 39.2 Å². The molecule has 0 fully saturated rings. The molecule has 0 radical (unpaired) electrons. The number of aromatic nitrogens is 3. The summed E-state index contributed by atoms with van der Waals surface area (Å²) in [7, 11) is 4.19. The number of para-hydroxylation sites is 1. The second kappa shape index (κ2) is 10.1. The number of hydrogen-bond donors (Lipinski definition) is 1. The summed E-state index contributed by atoms with van der Waals surface area (Å²) in [6.45, 7) is 4.73. The molecule has 3 aromatic carbocycles. The highest BCUT2D eigenvalue weighted by atomic mass is 35.5. The molecule has 0 bridgehead atoms. The predicted octanol–water partition coefficient (Wildman–Crippen LogP) is 6.63. The third-order valence-electron chi connectivity index (χ3n) is 6.28. The Morgan fingerprint density at radius 1 is 0.943 bits per heavy atom. The molecule has 5 aromatic rings. The molecule has 178 valence electrons. The zero-order valence-corrected chi connectivity index (χ0v) is 21.2. The van der Waals surface area contributed by atoms with Gasteiger partial charge in [0.2, 0.25) is 0 Å². The van der Waals surface area contributed by atoms with E-state index in [9.17, 15) is 0 Å². The zero-order chi connectivity index (χ0) is 24.4. The van der Waals surface area contributed by atoms with Crippen LogP contribution < -0.4 is 5.32 Å². The normalized spacial score (nSPS) is 11.6. The van der Waals surface area contributed by atoms with Gasteiger partial charge in [0.1, 0.15) is 5.82 Å². The monoisotopic (exact) mass is 483 g/mol. The van der Waals surface area contributed by atoms with E-state index < -0.39 is 0 Å². The Labute approximate surface area is 211 Å². The fourth-order valence-electron chi connectivity index (χ4n) is 4.51. The van der Waals surface area contributed by atoms with Gasteiger partial charge < -0.3 is 14.8 Å². The molecule has 0 aliphatic rings. The van der Waals surface area contributed by atoms with Gasteiger partial charge in [-0.3, -0.25) is 0 Å². The van der Waals surface area contributed by atoms with Gasteiger partial charge in [-0.05, 0) is 63.3 Å². The average Bonchev–Trinajstić information content (AvgIpc) is 3.20. The van der Waals surface area contributed by atoms with E-state index in [2.05, 4.69) is 90.5 Å². The van der Waals surface area contributed by atoms with Crippen LogP contribution >= 0.6 is 11.6 Å². The van der Waals surface area contributed by atoms with Crippen molar-refractivity contribution < 1.29 is 0 Å². The minimum absolute atomic E-state index is 0.718. The molecule has 35 heavy (non-hydrogen) atoms. The van der Waals surface area contributed by atoms with Crippen molar-refractivity contribution in [1.29, 1.82) is 0 Å². The summed E-state index contributed by atoms with van der Waals surface area (Å²) in [5.41, 5.74) is 5.43. The molecule has 2 aromatic heterocycles. The van der Waals surface area contributed by atoms with Crippen LogP contribution in [-0.2, 0) is 6.54 Å². The molecule has 5 nitrogen and oxygen atoms in total. The summed E-state index contributed by atoms with van der Waals surface area (Å²) in [5.74, 6) is 1.60. The fraction of sp³-hybridized carbons (Fsp3) is 0.241. The Morgan fingerprint density at radius 2 is 1.77 bits per heavy atom. The number of rotatable bonds is 8. The molecular weight excluding hydrogens is 454 g/mol. The van der Waals surface area contributed by atoms with Gasteiger partial charge in [0.05, 0.1) is 11.0 Å². The van der Waals surface area contributed by atoms with E-state index in [0.29, 0.717) is 0 Å². The number of nitrogens with one attached hydrogen (secondary N) is 1. The van der Waals surface area contributed by atoms with E-state index in [0.717, 1.165) is 75.7 Å². The third kappa shape index (κ3) is 5.02. The van der Waals surface area contributed by atoms with E-state index in [-0.39, 0.29) is 0 Å². The van der Waals surface area contributed by atoms with E-state index in [4.69, 9.17) is 21.6 Å². The lowest BCUT2D eigenvalue weighted by molar-refractivity contribution is 0.405. The maximum absolute atomic E-state index is 6.41. The quantitative estimate of drug-likeness (QED) is 0.252. The van der Waals surface area contributed by atoms with E-state index in [1.165, 1.54) is 5.56 Å². The lowest BCUT2D eigenvalue weighted by atomic mass is 10.1. The number of fused-ring (bicyclic) bond motifs is 2. The van der Waals surface area contributed by atoms with Gasteiger partial charge >= 0.3 is 0 Å². The molecule has 2 heterocycles. The van der Waals surface area contributed by atoms with Gasteiger partial charge in [0.15, 0.2) is 5.82 Å². The largest absolute Gasteiger partial charge is 0.369 e. The lowest BCUT2D eigenvalue weighted by Crippen LogP contribution is -2.17. The Hall–Kier alpha value is -3.41. The second-order valence-electron chi connectivity index (χ2n) is 9.27. The molecule has 0 atom stereocenters. The summed E-state index contributed by atoms with van der Waals surface area (Å²) < 4.78 is 2.24. The van der Waals surface area contributed by atoms with Crippen LogP contribution in [0.15, 0.2) is 72.9 Å². The zero-order valence-electron chi connectivity index (χ0n) is 20.4. The Morgan fingerprint density at radius 3 is 2.57 bits per heavy atom. The highest BCUT2D eigenvalue weighted by Crippen LogP contribution is 2.34. The predicted molar refractivity (Wildman–Crippen MR) is 147 cm³/mol. The van der Waals surface area contributed by atoms with Crippen LogP contribution in [0.1, 0.15) is 17.5 Å². The molecule has 5 rings (SSSR count). The first-order chi connectivity index (χ1) is 17.0. The molecule has 0 amide bonds. The van der Waals surface area contributed by atoms with Gasteiger partial charge in [-0.25, -0.2) is 9.97 Å². The summed E-state index contributed by atoms with van der Waals surface area (Å²) in [4.78, 5) is 12.3. The number of anilines is 1. The van der Waals surface area contributed by atoms with Crippen LogP contribution in [0.25, 0.3) is 33.2 Å². The van der Waals surface area contributed by atoms with E-state index in [1.807, 2.05) is 18.2 Å². The Bertz CT molecular complexity index is 1470. The summed E-state index contributed by atoms with van der Waals surface area (Å²) in [6, 6.07) is 22.8. The lowest BCUT2D eigenvalue weighted by Gasteiger charge is -2.13. The van der Waals surface area contributed by atoms with Crippen molar-refractivity contribution in [1.82, 2.24) is 19.4 Å². The average molecular weight is 484 g/mol. The van der Waals surface area contributed by atoms with E-state index in [1.54, 1.807) is 0 Å². The second-order valence-corrected chi connectivity index (χ2v) is 9.70. The number of aryl methyl sites for hydroxylation is 1. The molecule has 6 heteroatoms. The van der Waals surface area contributed by atoms with Crippen LogP contribution in [0.5, 0.6) is 0 Å². The maximum atomic E-state index is 6.41. The Balaban J connectivity index is 1.62. The summed E-state index contributed by atoms with van der Waals surface area (Å²) in [6.07, 6.45) is 3.19. The number of halogens is 1. The highest BCUT2D eigenvalue weighted by Gasteiger charge is 2.17. The van der Waals surface area contributed by atoms with Crippen LogP contribution in [-0.4, -0.2) is 46.6 Å². The number of nitrogens with zero attached hydrogens (tertiary/aromatic N) is 4. The van der Waals surface area contributed by atoms with Crippen molar-refractivity contribution in [3.63, 3.8) is 0 Å². The maximum Gasteiger partial charge on any atom is 0.164 e. The minimum atomic E-state index is 0.718. The van der Waals surface area contributed by atoms with Crippen molar-refractivity contribution in [2.45, 2.75) is 19.9 Å². The molecule has 0 saturated heterocycles. The van der Waals surface area contributed by atoms with Crippen LogP contribution in [0.3, 0.4) is 0 Å². The third-order valence-corrected chi connectivity index (χ3v) is 6.52. The first-order valence-electron chi connectivity index (χ1n) is 12.0. The van der Waals surface area contributed by atoms with Crippen molar-refractivity contribution in [3.8, 4) is 11.4 Å². The fourth-order valence-corrected chi connectivity index (χ4v) is 4.67. The summed E-state index contributed by atoms with van der Waals surface area (Å²) in [5, 5.41) is 6.44. The van der Waals surface area contributed by atoms with Gasteiger partial charge in [0.25, 0.3) is 0 Å². The SMILES string of the molecule is Cc1cccc2c(NCCCN(C)C)nc(-c3cn(Cc4ccccc4)c4cc(Cl)ccc34)nc12. The standard InChI is InChI=1S/C29H30ClN5/c1-20-9-7-12-24-27(20)32-29(33-28(24)31-15-8-16-34(2)3)25-19-35(18-21-10-5-4-6-11-21)26-17-22(30)13-14-23(25)26/h4-7,9-14,17,19H,8,15-16,18H2,1-3H3,(H,31,32,33). The summed E-state index contributed by atoms with van der Waals surface area (Å²) >= 11 is 6.41. The molecular formula is C29H30ClN5. The molecule has 0 spiro atoms. The van der Waals surface area contributed by atoms with Gasteiger partial charge in [-0.15, -0.1) is 0 Å². The topological polar surface area (TPSA) is 46.0 Å². The molecule has 1 N–H and O–H groups in total. The van der Waals surface area contributed by atoms with Gasteiger partial charge in [0, 0.05) is 40.6 Å². The van der Waals surface area contributed by atoms with Crippen LogP contribution in [0, 0.1) is 6.92 Å². The van der Waals surface area contributed by atoms with Crippen LogP contribution in [0.2, 0.25) is 5.02 Å². The van der Waals surface area contributed by atoms with E-state index >= 15 is 0 Å². The van der Waals surface area contributed by atoms with Crippen molar-refractivity contribution in [3.05, 3.63) is 89.1 Å². The van der Waals surface area contributed by atoms with Crippen molar-refractivity contribution in [2.24, 2.45) is 0 Å².